The van der Waals surface area contributed by atoms with Crippen LogP contribution in [0.4, 0.5) is 0 Å². The molecule has 0 aromatic heterocycles. The molecule has 0 aliphatic rings. The van der Waals surface area contributed by atoms with Gasteiger partial charge in [-0.1, -0.05) is 30.3 Å². The molecular weight excluding hydrogens is 186 g/mol. The van der Waals surface area contributed by atoms with E-state index in [4.69, 9.17) is 4.74 Å². The minimum absolute atomic E-state index is 0. The summed E-state index contributed by atoms with van der Waals surface area (Å²) in [6.45, 7) is 1.60. The quantitative estimate of drug-likeness (QED) is 0.580. The fourth-order valence-corrected chi connectivity index (χ4v) is 1.05. The molecule has 0 saturated heterocycles. The number of hydrogen-bond donors (Lipinski definition) is 1. The Labute approximate surface area is 85.7 Å². The number of rotatable bonds is 5. The van der Waals surface area contributed by atoms with Crippen molar-refractivity contribution in [3.63, 3.8) is 0 Å². The van der Waals surface area contributed by atoms with Gasteiger partial charge in [-0.05, 0) is 12.0 Å². The second-order valence-corrected chi connectivity index (χ2v) is 2.67. The van der Waals surface area contributed by atoms with Gasteiger partial charge in [0.1, 0.15) is 0 Å². The summed E-state index contributed by atoms with van der Waals surface area (Å²) in [6.07, 6.45) is 1.06. The Bertz CT molecular complexity index is 203. The van der Waals surface area contributed by atoms with Crippen LogP contribution < -0.4 is 5.32 Å². The second kappa shape index (κ2) is 8.05. The van der Waals surface area contributed by atoms with Crippen LogP contribution in [0.2, 0.25) is 0 Å². The van der Waals surface area contributed by atoms with E-state index in [-0.39, 0.29) is 12.4 Å². The predicted molar refractivity (Wildman–Crippen MR) is 57.3 cm³/mol. The van der Waals surface area contributed by atoms with Crippen LogP contribution in [0.15, 0.2) is 30.3 Å². The van der Waals surface area contributed by atoms with Crippen LogP contribution >= 0.6 is 12.4 Å². The third-order valence-corrected chi connectivity index (χ3v) is 1.68. The Morgan fingerprint density at radius 2 is 1.92 bits per heavy atom. The lowest BCUT2D eigenvalue weighted by Gasteiger charge is -2.02. The van der Waals surface area contributed by atoms with Gasteiger partial charge in [0.25, 0.3) is 0 Å². The third-order valence-electron chi connectivity index (χ3n) is 1.68. The number of halogens is 1. The zero-order chi connectivity index (χ0) is 8.65. The highest BCUT2D eigenvalue weighted by Gasteiger charge is 1.89. The van der Waals surface area contributed by atoms with Crippen LogP contribution in [-0.4, -0.2) is 20.4 Å². The molecule has 0 aliphatic carbocycles. The van der Waals surface area contributed by atoms with Crippen molar-refractivity contribution in [3.8, 4) is 0 Å². The molecule has 13 heavy (non-hydrogen) atoms. The summed E-state index contributed by atoms with van der Waals surface area (Å²) in [5, 5.41) is 3.16. The fraction of sp³-hybridized carbons (Fsp3) is 0.400. The van der Waals surface area contributed by atoms with Crippen LogP contribution in [0.3, 0.4) is 0 Å². The van der Waals surface area contributed by atoms with Crippen LogP contribution in [-0.2, 0) is 11.2 Å². The van der Waals surface area contributed by atoms with E-state index in [0.717, 1.165) is 13.0 Å². The van der Waals surface area contributed by atoms with Gasteiger partial charge in [0.05, 0.1) is 6.73 Å². The molecule has 0 radical (unpaired) electrons. The van der Waals surface area contributed by atoms with Gasteiger partial charge in [0, 0.05) is 13.7 Å². The Balaban J connectivity index is 0.00000144. The molecule has 0 atom stereocenters. The van der Waals surface area contributed by atoms with Gasteiger partial charge < -0.3 is 4.74 Å². The summed E-state index contributed by atoms with van der Waals surface area (Å²) in [5.74, 6) is 0. The van der Waals surface area contributed by atoms with Gasteiger partial charge in [-0.15, -0.1) is 12.4 Å². The van der Waals surface area contributed by atoms with E-state index >= 15 is 0 Å². The highest BCUT2D eigenvalue weighted by molar-refractivity contribution is 5.85. The molecule has 2 nitrogen and oxygen atoms in total. The number of hydrogen-bond acceptors (Lipinski definition) is 2. The third kappa shape index (κ3) is 5.64. The molecule has 0 saturated carbocycles. The molecule has 1 aromatic carbocycles. The van der Waals surface area contributed by atoms with E-state index in [0.29, 0.717) is 6.73 Å². The fourth-order valence-electron chi connectivity index (χ4n) is 1.05. The maximum atomic E-state index is 4.87. The molecule has 0 aliphatic heterocycles. The smallest absolute Gasteiger partial charge is 0.0961 e. The lowest BCUT2D eigenvalue weighted by Crippen LogP contribution is -2.19. The molecular formula is C10H16ClNO. The first-order valence-electron chi connectivity index (χ1n) is 4.17. The average molecular weight is 202 g/mol. The molecule has 1 N–H and O–H groups in total. The normalized spacial score (nSPS) is 9.31. The van der Waals surface area contributed by atoms with E-state index in [9.17, 15) is 0 Å². The Morgan fingerprint density at radius 3 is 2.54 bits per heavy atom. The topological polar surface area (TPSA) is 21.3 Å². The van der Waals surface area contributed by atoms with E-state index in [1.54, 1.807) is 7.11 Å². The monoisotopic (exact) mass is 201 g/mol. The van der Waals surface area contributed by atoms with E-state index in [1.807, 2.05) is 6.07 Å². The first-order valence-corrected chi connectivity index (χ1v) is 4.17. The Hall–Kier alpha value is -0.570. The van der Waals surface area contributed by atoms with E-state index in [2.05, 4.69) is 29.6 Å². The first kappa shape index (κ1) is 12.4. The van der Waals surface area contributed by atoms with Crippen LogP contribution in [0.5, 0.6) is 0 Å². The molecule has 0 unspecified atom stereocenters. The van der Waals surface area contributed by atoms with Crippen LogP contribution in [0, 0.1) is 0 Å². The molecule has 0 amide bonds. The van der Waals surface area contributed by atoms with Crippen LogP contribution in [0.1, 0.15) is 5.56 Å². The van der Waals surface area contributed by atoms with Gasteiger partial charge in [-0.25, -0.2) is 0 Å². The summed E-state index contributed by atoms with van der Waals surface area (Å²) in [4.78, 5) is 0. The second-order valence-electron chi connectivity index (χ2n) is 2.67. The molecule has 0 spiro atoms. The molecule has 1 rings (SSSR count). The SMILES string of the molecule is COCNCCc1ccccc1.Cl. The summed E-state index contributed by atoms with van der Waals surface area (Å²) < 4.78 is 4.87. The Kier molecular flexibility index (Phi) is 7.69. The molecule has 74 valence electrons. The standard InChI is InChI=1S/C10H15NO.ClH/c1-12-9-11-8-7-10-5-3-2-4-6-10;/h2-6,11H,7-9H2,1H3;1H. The van der Waals surface area contributed by atoms with Gasteiger partial charge in [-0.3, -0.25) is 5.32 Å². The van der Waals surface area contributed by atoms with Crippen molar-refractivity contribution in [2.45, 2.75) is 6.42 Å². The highest BCUT2D eigenvalue weighted by Crippen LogP contribution is 1.97. The van der Waals surface area contributed by atoms with Gasteiger partial charge in [0.2, 0.25) is 0 Å². The number of methoxy groups -OCH3 is 1. The molecule has 3 heteroatoms. The number of ether oxygens (including phenoxy) is 1. The van der Waals surface area contributed by atoms with Gasteiger partial charge in [-0.2, -0.15) is 0 Å². The largest absolute Gasteiger partial charge is 0.370 e. The summed E-state index contributed by atoms with van der Waals surface area (Å²) in [5.41, 5.74) is 1.36. The molecule has 0 heterocycles. The van der Waals surface area contributed by atoms with Crippen molar-refractivity contribution >= 4 is 12.4 Å². The maximum Gasteiger partial charge on any atom is 0.0961 e. The highest BCUT2D eigenvalue weighted by atomic mass is 35.5. The molecule has 1 aromatic rings. The lowest BCUT2D eigenvalue weighted by atomic mass is 10.2. The van der Waals surface area contributed by atoms with Gasteiger partial charge in [0.15, 0.2) is 0 Å². The average Bonchev–Trinajstić information content (AvgIpc) is 2.14. The summed E-state index contributed by atoms with van der Waals surface area (Å²) >= 11 is 0. The number of benzene rings is 1. The van der Waals surface area contributed by atoms with Gasteiger partial charge >= 0.3 is 0 Å². The molecule has 0 bridgehead atoms. The first-order chi connectivity index (χ1) is 5.93. The minimum atomic E-state index is 0. The minimum Gasteiger partial charge on any atom is -0.370 e. The van der Waals surface area contributed by atoms with E-state index < -0.39 is 0 Å². The maximum absolute atomic E-state index is 4.87. The van der Waals surface area contributed by atoms with Crippen molar-refractivity contribution < 1.29 is 4.74 Å². The van der Waals surface area contributed by atoms with Crippen molar-refractivity contribution in [2.24, 2.45) is 0 Å². The molecule has 0 fully saturated rings. The zero-order valence-electron chi connectivity index (χ0n) is 7.82. The predicted octanol–water partition coefficient (Wildman–Crippen LogP) is 1.84. The van der Waals surface area contributed by atoms with Crippen molar-refractivity contribution in [1.29, 1.82) is 0 Å². The zero-order valence-corrected chi connectivity index (χ0v) is 8.64. The summed E-state index contributed by atoms with van der Waals surface area (Å²) in [7, 11) is 1.69. The van der Waals surface area contributed by atoms with Crippen LogP contribution in [0.25, 0.3) is 0 Å². The summed E-state index contributed by atoms with van der Waals surface area (Å²) in [6, 6.07) is 10.4. The lowest BCUT2D eigenvalue weighted by molar-refractivity contribution is 0.176. The van der Waals surface area contributed by atoms with E-state index in [1.165, 1.54) is 5.56 Å². The van der Waals surface area contributed by atoms with Crippen molar-refractivity contribution in [3.05, 3.63) is 35.9 Å². The Morgan fingerprint density at radius 1 is 1.23 bits per heavy atom. The van der Waals surface area contributed by atoms with Crippen molar-refractivity contribution in [1.82, 2.24) is 5.32 Å². The number of nitrogens with one attached hydrogen (secondary N) is 1. The van der Waals surface area contributed by atoms with Crippen molar-refractivity contribution in [2.75, 3.05) is 20.4 Å².